The lowest BCUT2D eigenvalue weighted by Crippen LogP contribution is -2.35. The number of aromatic nitrogens is 3. The topological polar surface area (TPSA) is 69.2 Å². The summed E-state index contributed by atoms with van der Waals surface area (Å²) in [6, 6.07) is 18.9. The molecule has 0 radical (unpaired) electrons. The van der Waals surface area contributed by atoms with Crippen LogP contribution in [0, 0.1) is 5.92 Å². The normalized spacial score (nSPS) is 20.5. The van der Waals surface area contributed by atoms with Crippen LogP contribution in [0.25, 0.3) is 22.2 Å². The Labute approximate surface area is 200 Å². The van der Waals surface area contributed by atoms with Gasteiger partial charge in [-0.2, -0.15) is 0 Å². The molecule has 6 heteroatoms. The second-order valence-corrected chi connectivity index (χ2v) is 9.71. The third kappa shape index (κ3) is 4.14. The van der Waals surface area contributed by atoms with E-state index < -0.39 is 0 Å². The SMILES string of the molecule is Nc1ncnc2c1c(-c1cccc(OCc3ccccc3)c1)cn2[C@H]1C[C@H](CN2CCCC2)C1. The van der Waals surface area contributed by atoms with Crippen molar-refractivity contribution in [1.82, 2.24) is 19.4 Å². The van der Waals surface area contributed by atoms with Crippen molar-refractivity contribution in [3.8, 4) is 16.9 Å². The number of fused-ring (bicyclic) bond motifs is 1. The molecule has 2 N–H and O–H groups in total. The Morgan fingerprint density at radius 1 is 0.971 bits per heavy atom. The van der Waals surface area contributed by atoms with Crippen LogP contribution in [0.1, 0.15) is 37.3 Å². The van der Waals surface area contributed by atoms with Crippen molar-refractivity contribution >= 4 is 16.9 Å². The molecule has 1 saturated heterocycles. The highest BCUT2D eigenvalue weighted by Gasteiger charge is 2.34. The Hall–Kier alpha value is -3.38. The largest absolute Gasteiger partial charge is 0.489 e. The smallest absolute Gasteiger partial charge is 0.146 e. The second kappa shape index (κ2) is 9.11. The zero-order valence-corrected chi connectivity index (χ0v) is 19.4. The fraction of sp³-hybridized carbons (Fsp3) is 0.357. The average Bonchev–Trinajstić information content (AvgIpc) is 3.49. The number of hydrogen-bond acceptors (Lipinski definition) is 5. The maximum Gasteiger partial charge on any atom is 0.146 e. The van der Waals surface area contributed by atoms with Gasteiger partial charge in [-0.15, -0.1) is 0 Å². The number of nitrogen functional groups attached to an aromatic ring is 1. The average molecular weight is 454 g/mol. The standard InChI is InChI=1S/C28H31N5O/c29-27-26-25(22-9-6-10-24(15-22)34-18-20-7-2-1-3-8-20)17-33(28(26)31-19-30-27)23-13-21(14-23)16-32-11-4-5-12-32/h1-3,6-10,15,17,19,21,23H,4-5,11-14,16,18H2,(H2,29,30,31)/t21-,23-. The molecule has 0 atom stereocenters. The molecule has 6 nitrogen and oxygen atoms in total. The Kier molecular flexibility index (Phi) is 5.67. The molecule has 6 rings (SSSR count). The highest BCUT2D eigenvalue weighted by Crippen LogP contribution is 2.43. The fourth-order valence-corrected chi connectivity index (χ4v) is 5.51. The molecule has 2 aromatic carbocycles. The zero-order chi connectivity index (χ0) is 22.9. The van der Waals surface area contributed by atoms with E-state index >= 15 is 0 Å². The number of anilines is 1. The molecule has 34 heavy (non-hydrogen) atoms. The number of ether oxygens (including phenoxy) is 1. The summed E-state index contributed by atoms with van der Waals surface area (Å²) < 4.78 is 8.42. The first-order valence-corrected chi connectivity index (χ1v) is 12.3. The molecule has 0 spiro atoms. The summed E-state index contributed by atoms with van der Waals surface area (Å²) in [5.41, 5.74) is 10.6. The first-order chi connectivity index (χ1) is 16.7. The van der Waals surface area contributed by atoms with Gasteiger partial charge in [0.1, 0.15) is 30.1 Å². The van der Waals surface area contributed by atoms with E-state index in [-0.39, 0.29) is 0 Å². The van der Waals surface area contributed by atoms with Crippen LogP contribution in [-0.4, -0.2) is 39.1 Å². The minimum absolute atomic E-state index is 0.468. The van der Waals surface area contributed by atoms with Crippen molar-refractivity contribution in [2.45, 2.75) is 38.3 Å². The molecule has 1 saturated carbocycles. The van der Waals surface area contributed by atoms with Crippen molar-refractivity contribution < 1.29 is 4.74 Å². The van der Waals surface area contributed by atoms with Crippen molar-refractivity contribution in [3.05, 3.63) is 72.7 Å². The number of hydrogen-bond donors (Lipinski definition) is 1. The van der Waals surface area contributed by atoms with E-state index in [1.807, 2.05) is 30.3 Å². The Balaban J connectivity index is 1.25. The van der Waals surface area contributed by atoms with Gasteiger partial charge in [0.15, 0.2) is 0 Å². The van der Waals surface area contributed by atoms with Gasteiger partial charge in [0.25, 0.3) is 0 Å². The van der Waals surface area contributed by atoms with E-state index in [1.54, 1.807) is 6.33 Å². The Morgan fingerprint density at radius 3 is 2.62 bits per heavy atom. The minimum Gasteiger partial charge on any atom is -0.489 e. The Bertz CT molecular complexity index is 1270. The van der Waals surface area contributed by atoms with E-state index in [4.69, 9.17) is 10.5 Å². The van der Waals surface area contributed by atoms with Gasteiger partial charge in [-0.25, -0.2) is 9.97 Å². The molecule has 2 aromatic heterocycles. The van der Waals surface area contributed by atoms with Gasteiger partial charge in [-0.05, 0) is 68.0 Å². The summed E-state index contributed by atoms with van der Waals surface area (Å²) in [4.78, 5) is 11.6. The van der Waals surface area contributed by atoms with Gasteiger partial charge in [0, 0.05) is 24.3 Å². The predicted octanol–water partition coefficient (Wildman–Crippen LogP) is 5.31. The fourth-order valence-electron chi connectivity index (χ4n) is 5.51. The van der Waals surface area contributed by atoms with Gasteiger partial charge in [-0.1, -0.05) is 42.5 Å². The molecule has 1 aliphatic carbocycles. The van der Waals surface area contributed by atoms with Gasteiger partial charge in [0.05, 0.1) is 5.39 Å². The van der Waals surface area contributed by atoms with Gasteiger partial charge in [-0.3, -0.25) is 0 Å². The van der Waals surface area contributed by atoms with Gasteiger partial charge >= 0.3 is 0 Å². The number of likely N-dealkylation sites (tertiary alicyclic amines) is 1. The number of rotatable bonds is 7. The molecule has 1 aliphatic heterocycles. The third-order valence-electron chi connectivity index (χ3n) is 7.35. The second-order valence-electron chi connectivity index (χ2n) is 9.71. The molecule has 0 bridgehead atoms. The first kappa shape index (κ1) is 21.2. The van der Waals surface area contributed by atoms with Crippen LogP contribution in [0.2, 0.25) is 0 Å². The maximum absolute atomic E-state index is 6.37. The molecular formula is C28H31N5O. The van der Waals surface area contributed by atoms with E-state index in [0.717, 1.165) is 39.4 Å². The monoisotopic (exact) mass is 453 g/mol. The van der Waals surface area contributed by atoms with Crippen molar-refractivity contribution in [2.75, 3.05) is 25.4 Å². The lowest BCUT2D eigenvalue weighted by Gasteiger charge is -2.38. The van der Waals surface area contributed by atoms with Crippen LogP contribution in [0.3, 0.4) is 0 Å². The summed E-state index contributed by atoms with van der Waals surface area (Å²) in [5, 5.41) is 0.936. The summed E-state index contributed by atoms with van der Waals surface area (Å²) in [5.74, 6) is 2.15. The number of nitrogens with zero attached hydrogens (tertiary/aromatic N) is 4. The van der Waals surface area contributed by atoms with E-state index in [0.29, 0.717) is 18.5 Å². The quantitative estimate of drug-likeness (QED) is 0.411. The predicted molar refractivity (Wildman–Crippen MR) is 136 cm³/mol. The highest BCUT2D eigenvalue weighted by atomic mass is 16.5. The van der Waals surface area contributed by atoms with Crippen LogP contribution >= 0.6 is 0 Å². The third-order valence-corrected chi connectivity index (χ3v) is 7.35. The lowest BCUT2D eigenvalue weighted by molar-refractivity contribution is 0.145. The molecular weight excluding hydrogens is 422 g/mol. The van der Waals surface area contributed by atoms with E-state index in [1.165, 1.54) is 45.3 Å². The summed E-state index contributed by atoms with van der Waals surface area (Å²) in [6.45, 7) is 4.31. The Morgan fingerprint density at radius 2 is 1.79 bits per heavy atom. The van der Waals surface area contributed by atoms with E-state index in [2.05, 4.69) is 49.9 Å². The number of nitrogens with two attached hydrogens (primary N) is 1. The van der Waals surface area contributed by atoms with E-state index in [9.17, 15) is 0 Å². The molecule has 4 aromatic rings. The molecule has 2 fully saturated rings. The minimum atomic E-state index is 0.468. The summed E-state index contributed by atoms with van der Waals surface area (Å²) >= 11 is 0. The molecule has 3 heterocycles. The van der Waals surface area contributed by atoms with Crippen molar-refractivity contribution in [3.63, 3.8) is 0 Å². The molecule has 0 amide bonds. The van der Waals surface area contributed by atoms with Gasteiger partial charge in [0.2, 0.25) is 0 Å². The van der Waals surface area contributed by atoms with Crippen LogP contribution in [-0.2, 0) is 6.61 Å². The lowest BCUT2D eigenvalue weighted by atomic mass is 9.79. The van der Waals surface area contributed by atoms with Gasteiger partial charge < -0.3 is 19.9 Å². The first-order valence-electron chi connectivity index (χ1n) is 12.3. The number of benzene rings is 2. The molecule has 2 aliphatic rings. The van der Waals surface area contributed by atoms with Crippen LogP contribution in [0.15, 0.2) is 67.1 Å². The van der Waals surface area contributed by atoms with Crippen molar-refractivity contribution in [1.29, 1.82) is 0 Å². The summed E-state index contributed by atoms with van der Waals surface area (Å²) in [6.07, 6.45) is 8.91. The van der Waals surface area contributed by atoms with Crippen LogP contribution in [0.4, 0.5) is 5.82 Å². The molecule has 174 valence electrons. The van der Waals surface area contributed by atoms with Crippen LogP contribution in [0.5, 0.6) is 5.75 Å². The maximum atomic E-state index is 6.37. The summed E-state index contributed by atoms with van der Waals surface area (Å²) in [7, 11) is 0. The zero-order valence-electron chi connectivity index (χ0n) is 19.4. The van der Waals surface area contributed by atoms with Crippen LogP contribution < -0.4 is 10.5 Å². The molecule has 0 unspecified atom stereocenters. The van der Waals surface area contributed by atoms with Crippen molar-refractivity contribution in [2.24, 2.45) is 5.92 Å². The highest BCUT2D eigenvalue weighted by molar-refractivity contribution is 6.00.